The van der Waals surface area contributed by atoms with Crippen molar-refractivity contribution in [2.45, 2.75) is 45.0 Å². The van der Waals surface area contributed by atoms with E-state index in [1.165, 1.54) is 11.0 Å². The van der Waals surface area contributed by atoms with Gasteiger partial charge in [-0.3, -0.25) is 9.69 Å². The summed E-state index contributed by atoms with van der Waals surface area (Å²) in [4.78, 5) is 50.6. The fourth-order valence-electron chi connectivity index (χ4n) is 3.73. The molecule has 9 nitrogen and oxygen atoms in total. The first-order valence-electron chi connectivity index (χ1n) is 11.3. The van der Waals surface area contributed by atoms with Crippen molar-refractivity contribution in [3.63, 3.8) is 0 Å². The summed E-state index contributed by atoms with van der Waals surface area (Å²) in [5, 5.41) is 12.1. The van der Waals surface area contributed by atoms with Crippen LogP contribution in [-0.2, 0) is 43.4 Å². The molecular formula is C26H28N2O7. The van der Waals surface area contributed by atoms with Gasteiger partial charge in [0.25, 0.3) is 0 Å². The second-order valence-electron chi connectivity index (χ2n) is 7.95. The number of rotatable bonds is 9. The molecule has 0 unspecified atom stereocenters. The topological polar surface area (TPSA) is 122 Å². The Morgan fingerprint density at radius 2 is 1.74 bits per heavy atom. The standard InChI is InChI=1S/C26H28N2O7/c1-2-34-23(29)14-8-13-21(25(31)32)27-24(30)22-15-19-11-6-7-12-20(19)16-28(22)26(33)35-17-18-9-4-3-5-10-18/h3-12,14,21-22H,2,13,15-17H2,1H3,(H,27,30)(H,31,32)/b14-8+/t21-,22-/m0/s1. The van der Waals surface area contributed by atoms with Gasteiger partial charge in [0, 0.05) is 12.5 Å². The number of esters is 1. The van der Waals surface area contributed by atoms with Crippen molar-refractivity contribution < 1.29 is 33.8 Å². The van der Waals surface area contributed by atoms with Crippen LogP contribution in [-0.4, -0.2) is 52.6 Å². The Balaban J connectivity index is 1.73. The summed E-state index contributed by atoms with van der Waals surface area (Å²) in [6, 6.07) is 14.4. The summed E-state index contributed by atoms with van der Waals surface area (Å²) < 4.78 is 10.2. The normalized spacial score (nSPS) is 15.7. The number of carbonyl (C=O) groups excluding carboxylic acids is 3. The molecule has 184 valence electrons. The fraction of sp³-hybridized carbons (Fsp3) is 0.308. The van der Waals surface area contributed by atoms with Gasteiger partial charge in [0.15, 0.2) is 0 Å². The Bertz CT molecular complexity index is 1080. The monoisotopic (exact) mass is 480 g/mol. The molecule has 0 spiro atoms. The third-order valence-electron chi connectivity index (χ3n) is 5.52. The summed E-state index contributed by atoms with van der Waals surface area (Å²) >= 11 is 0. The van der Waals surface area contributed by atoms with E-state index in [0.29, 0.717) is 0 Å². The first-order chi connectivity index (χ1) is 16.9. The summed E-state index contributed by atoms with van der Waals surface area (Å²) in [5.41, 5.74) is 2.59. The number of hydrogen-bond acceptors (Lipinski definition) is 6. The molecule has 2 amide bonds. The van der Waals surface area contributed by atoms with Gasteiger partial charge in [-0.2, -0.15) is 0 Å². The quantitative estimate of drug-likeness (QED) is 0.418. The van der Waals surface area contributed by atoms with Crippen LogP contribution in [0.4, 0.5) is 4.79 Å². The Morgan fingerprint density at radius 3 is 2.43 bits per heavy atom. The molecule has 0 bridgehead atoms. The molecule has 2 aromatic rings. The molecule has 0 aliphatic carbocycles. The van der Waals surface area contributed by atoms with E-state index in [9.17, 15) is 24.3 Å². The number of aliphatic carboxylic acids is 1. The molecule has 3 rings (SSSR count). The highest BCUT2D eigenvalue weighted by molar-refractivity contribution is 5.90. The molecule has 2 aromatic carbocycles. The van der Waals surface area contributed by atoms with Crippen molar-refractivity contribution in [1.82, 2.24) is 10.2 Å². The van der Waals surface area contributed by atoms with E-state index in [-0.39, 0.29) is 32.6 Å². The Morgan fingerprint density at radius 1 is 1.06 bits per heavy atom. The van der Waals surface area contributed by atoms with Crippen molar-refractivity contribution >= 4 is 23.9 Å². The maximum atomic E-state index is 13.2. The van der Waals surface area contributed by atoms with Gasteiger partial charge in [0.05, 0.1) is 13.2 Å². The van der Waals surface area contributed by atoms with Gasteiger partial charge in [-0.15, -0.1) is 0 Å². The average Bonchev–Trinajstić information content (AvgIpc) is 2.86. The molecule has 35 heavy (non-hydrogen) atoms. The van der Waals surface area contributed by atoms with E-state index >= 15 is 0 Å². The molecule has 0 radical (unpaired) electrons. The predicted molar refractivity (Wildman–Crippen MR) is 126 cm³/mol. The second kappa shape index (κ2) is 12.4. The summed E-state index contributed by atoms with van der Waals surface area (Å²) in [6.45, 7) is 2.05. The molecule has 1 aliphatic rings. The maximum Gasteiger partial charge on any atom is 0.411 e. The SMILES string of the molecule is CCOC(=O)/C=C/C[C@H](NC(=O)[C@@H]1Cc2ccccc2CN1C(=O)OCc1ccccc1)C(=O)O. The van der Waals surface area contributed by atoms with Crippen LogP contribution in [0.25, 0.3) is 0 Å². The van der Waals surface area contributed by atoms with Crippen LogP contribution in [0.3, 0.4) is 0 Å². The van der Waals surface area contributed by atoms with Crippen molar-refractivity contribution in [2.24, 2.45) is 0 Å². The molecule has 0 fully saturated rings. The maximum absolute atomic E-state index is 13.2. The molecule has 0 saturated carbocycles. The molecule has 0 saturated heterocycles. The first kappa shape index (κ1) is 25.5. The number of amides is 2. The van der Waals surface area contributed by atoms with Crippen LogP contribution in [0.15, 0.2) is 66.7 Å². The lowest BCUT2D eigenvalue weighted by Gasteiger charge is -2.35. The second-order valence-corrected chi connectivity index (χ2v) is 7.95. The number of nitrogens with zero attached hydrogens (tertiary/aromatic N) is 1. The van der Waals surface area contributed by atoms with Crippen LogP contribution < -0.4 is 5.32 Å². The number of hydrogen-bond donors (Lipinski definition) is 2. The third kappa shape index (κ3) is 7.17. The van der Waals surface area contributed by atoms with Crippen molar-refractivity contribution in [3.05, 3.63) is 83.4 Å². The van der Waals surface area contributed by atoms with Gasteiger partial charge in [0.2, 0.25) is 5.91 Å². The van der Waals surface area contributed by atoms with Gasteiger partial charge in [-0.1, -0.05) is 60.7 Å². The lowest BCUT2D eigenvalue weighted by Crippen LogP contribution is -2.55. The molecule has 2 N–H and O–H groups in total. The highest BCUT2D eigenvalue weighted by Crippen LogP contribution is 2.24. The minimum Gasteiger partial charge on any atom is -0.480 e. The highest BCUT2D eigenvalue weighted by Gasteiger charge is 2.37. The van der Waals surface area contributed by atoms with E-state index < -0.39 is 36.0 Å². The zero-order valence-corrected chi connectivity index (χ0v) is 19.4. The zero-order chi connectivity index (χ0) is 25.2. The van der Waals surface area contributed by atoms with E-state index in [4.69, 9.17) is 9.47 Å². The van der Waals surface area contributed by atoms with Crippen LogP contribution >= 0.6 is 0 Å². The van der Waals surface area contributed by atoms with E-state index in [1.807, 2.05) is 54.6 Å². The number of nitrogens with one attached hydrogen (secondary N) is 1. The summed E-state index contributed by atoms with van der Waals surface area (Å²) in [6.07, 6.45) is 1.88. The lowest BCUT2D eigenvalue weighted by molar-refractivity contribution is -0.142. The predicted octanol–water partition coefficient (Wildman–Crippen LogP) is 2.83. The number of carboxylic acid groups (broad SMARTS) is 1. The Kier molecular flexibility index (Phi) is 9.00. The molecule has 1 aliphatic heterocycles. The largest absolute Gasteiger partial charge is 0.480 e. The summed E-state index contributed by atoms with van der Waals surface area (Å²) in [5.74, 6) is -2.48. The zero-order valence-electron chi connectivity index (χ0n) is 19.4. The van der Waals surface area contributed by atoms with Gasteiger partial charge >= 0.3 is 18.0 Å². The molecule has 0 aromatic heterocycles. The van der Waals surface area contributed by atoms with Gasteiger partial charge in [0.1, 0.15) is 18.7 Å². The smallest absolute Gasteiger partial charge is 0.411 e. The summed E-state index contributed by atoms with van der Waals surface area (Å²) in [7, 11) is 0. The number of benzene rings is 2. The third-order valence-corrected chi connectivity index (χ3v) is 5.52. The molecule has 2 atom stereocenters. The van der Waals surface area contributed by atoms with Crippen molar-refractivity contribution in [1.29, 1.82) is 0 Å². The van der Waals surface area contributed by atoms with Crippen LogP contribution in [0.1, 0.15) is 30.0 Å². The van der Waals surface area contributed by atoms with Crippen molar-refractivity contribution in [3.8, 4) is 0 Å². The van der Waals surface area contributed by atoms with Gasteiger partial charge in [-0.25, -0.2) is 14.4 Å². The van der Waals surface area contributed by atoms with E-state index in [0.717, 1.165) is 22.8 Å². The number of carbonyl (C=O) groups is 4. The minimum atomic E-state index is -1.28. The average molecular weight is 481 g/mol. The fourth-order valence-corrected chi connectivity index (χ4v) is 3.73. The minimum absolute atomic E-state index is 0.0442. The van der Waals surface area contributed by atoms with E-state index in [2.05, 4.69) is 5.32 Å². The number of carboxylic acids is 1. The number of ether oxygens (including phenoxy) is 2. The Labute approximate surface area is 203 Å². The van der Waals surface area contributed by atoms with Crippen LogP contribution in [0.2, 0.25) is 0 Å². The van der Waals surface area contributed by atoms with Gasteiger partial charge < -0.3 is 19.9 Å². The first-order valence-corrected chi connectivity index (χ1v) is 11.3. The molecule has 1 heterocycles. The van der Waals surface area contributed by atoms with Crippen molar-refractivity contribution in [2.75, 3.05) is 6.61 Å². The number of fused-ring (bicyclic) bond motifs is 1. The van der Waals surface area contributed by atoms with Crippen LogP contribution in [0, 0.1) is 0 Å². The molecular weight excluding hydrogens is 452 g/mol. The van der Waals surface area contributed by atoms with Gasteiger partial charge in [-0.05, 0) is 30.0 Å². The highest BCUT2D eigenvalue weighted by atomic mass is 16.6. The van der Waals surface area contributed by atoms with Crippen LogP contribution in [0.5, 0.6) is 0 Å². The molecule has 9 heteroatoms. The lowest BCUT2D eigenvalue weighted by atomic mass is 9.93. The van der Waals surface area contributed by atoms with E-state index in [1.54, 1.807) is 6.92 Å². The Hall–Kier alpha value is -4.14.